The number of amides is 1. The lowest BCUT2D eigenvalue weighted by Crippen LogP contribution is -2.27. The van der Waals surface area contributed by atoms with Crippen LogP contribution in [0.5, 0.6) is 0 Å². The third-order valence-corrected chi connectivity index (χ3v) is 3.98. The van der Waals surface area contributed by atoms with E-state index < -0.39 is 11.9 Å². The van der Waals surface area contributed by atoms with Crippen molar-refractivity contribution in [1.82, 2.24) is 24.5 Å². The van der Waals surface area contributed by atoms with E-state index in [-0.39, 0.29) is 18.9 Å². The molecule has 24 heavy (non-hydrogen) atoms. The molecule has 2 aromatic rings. The topological polar surface area (TPSA) is 56.0 Å². The number of carbonyl (C=O) groups is 1. The van der Waals surface area contributed by atoms with E-state index in [1.807, 2.05) is 14.0 Å². The Hall–Kier alpha value is -2.32. The van der Waals surface area contributed by atoms with Gasteiger partial charge < -0.3 is 4.90 Å². The first kappa shape index (κ1) is 18.0. The molecule has 0 aliphatic rings. The van der Waals surface area contributed by atoms with E-state index in [1.54, 1.807) is 17.9 Å². The molecule has 132 valence electrons. The first-order valence-electron chi connectivity index (χ1n) is 7.42. The van der Waals surface area contributed by atoms with Gasteiger partial charge in [-0.05, 0) is 19.9 Å². The first-order valence-corrected chi connectivity index (χ1v) is 7.42. The van der Waals surface area contributed by atoms with Gasteiger partial charge in [0.05, 0.1) is 6.20 Å². The van der Waals surface area contributed by atoms with Crippen molar-refractivity contribution in [1.29, 1.82) is 0 Å². The summed E-state index contributed by atoms with van der Waals surface area (Å²) in [5.41, 5.74) is 1.34. The fourth-order valence-electron chi connectivity index (χ4n) is 2.31. The van der Waals surface area contributed by atoms with Gasteiger partial charge >= 0.3 is 6.18 Å². The van der Waals surface area contributed by atoms with Crippen LogP contribution in [0.15, 0.2) is 12.3 Å². The average molecular weight is 343 g/mol. The monoisotopic (exact) mass is 343 g/mol. The van der Waals surface area contributed by atoms with Gasteiger partial charge in [-0.3, -0.25) is 14.2 Å². The number of aromatic nitrogens is 4. The van der Waals surface area contributed by atoms with Gasteiger partial charge in [0.2, 0.25) is 5.91 Å². The van der Waals surface area contributed by atoms with Crippen molar-refractivity contribution in [3.05, 3.63) is 34.9 Å². The van der Waals surface area contributed by atoms with Crippen molar-refractivity contribution < 1.29 is 18.0 Å². The Bertz CT molecular complexity index is 732. The Morgan fingerprint density at radius 3 is 2.50 bits per heavy atom. The molecule has 0 spiro atoms. The molecule has 0 N–H and O–H groups in total. The predicted molar refractivity (Wildman–Crippen MR) is 81.0 cm³/mol. The first-order chi connectivity index (χ1) is 11.1. The summed E-state index contributed by atoms with van der Waals surface area (Å²) in [7, 11) is 3.48. The van der Waals surface area contributed by atoms with Crippen LogP contribution < -0.4 is 0 Å². The number of carbonyl (C=O) groups excluding carboxylic acids is 1. The van der Waals surface area contributed by atoms with E-state index in [1.165, 1.54) is 16.5 Å². The number of halogens is 3. The number of aryl methyl sites for hydroxylation is 3. The van der Waals surface area contributed by atoms with Crippen LogP contribution in [0.2, 0.25) is 0 Å². The maximum absolute atomic E-state index is 12.6. The Labute approximate surface area is 137 Å². The molecule has 0 saturated carbocycles. The third kappa shape index (κ3) is 3.95. The minimum atomic E-state index is -4.48. The molecule has 9 heteroatoms. The highest BCUT2D eigenvalue weighted by molar-refractivity contribution is 5.75. The molecule has 0 fully saturated rings. The van der Waals surface area contributed by atoms with Gasteiger partial charge in [-0.2, -0.15) is 23.4 Å². The molecule has 6 nitrogen and oxygen atoms in total. The number of hydrogen-bond acceptors (Lipinski definition) is 3. The Kier molecular flexibility index (Phi) is 5.00. The fourth-order valence-corrected chi connectivity index (χ4v) is 2.31. The third-order valence-electron chi connectivity index (χ3n) is 3.98. The highest BCUT2D eigenvalue weighted by atomic mass is 19.4. The number of hydrogen-bond donors (Lipinski definition) is 0. The molecular weight excluding hydrogens is 323 g/mol. The van der Waals surface area contributed by atoms with Gasteiger partial charge in [-0.1, -0.05) is 0 Å². The molecule has 0 radical (unpaired) electrons. The highest BCUT2D eigenvalue weighted by Crippen LogP contribution is 2.28. The van der Waals surface area contributed by atoms with E-state index in [9.17, 15) is 18.0 Å². The van der Waals surface area contributed by atoms with Crippen LogP contribution in [0.3, 0.4) is 0 Å². The largest absolute Gasteiger partial charge is 0.435 e. The number of alkyl halides is 3. The number of rotatable bonds is 5. The molecule has 0 saturated heterocycles. The number of nitrogens with zero attached hydrogens (tertiary/aromatic N) is 5. The zero-order chi connectivity index (χ0) is 18.1. The van der Waals surface area contributed by atoms with E-state index in [0.29, 0.717) is 12.2 Å². The SMILES string of the molecule is Cc1c(CN(C)C(=O)CCn2nc(C(F)(F)F)cc2C)cnn1C. The van der Waals surface area contributed by atoms with Crippen LogP contribution in [0, 0.1) is 13.8 Å². The van der Waals surface area contributed by atoms with Crippen LogP contribution in [-0.4, -0.2) is 37.4 Å². The molecule has 0 aliphatic carbocycles. The van der Waals surface area contributed by atoms with E-state index in [2.05, 4.69) is 10.2 Å². The van der Waals surface area contributed by atoms with Crippen molar-refractivity contribution >= 4 is 5.91 Å². The highest BCUT2D eigenvalue weighted by Gasteiger charge is 2.34. The summed E-state index contributed by atoms with van der Waals surface area (Å²) in [4.78, 5) is 13.7. The minimum absolute atomic E-state index is 0.0790. The summed E-state index contributed by atoms with van der Waals surface area (Å²) in [5.74, 6) is -0.165. The van der Waals surface area contributed by atoms with Crippen molar-refractivity contribution in [2.75, 3.05) is 7.05 Å². The smallest absolute Gasteiger partial charge is 0.341 e. The molecule has 2 aromatic heterocycles. The minimum Gasteiger partial charge on any atom is -0.341 e. The molecule has 2 rings (SSSR count). The normalized spacial score (nSPS) is 11.8. The standard InChI is InChI=1S/C15H20F3N5O/c1-10-7-13(15(16,17)18)20-23(10)6-5-14(24)21(3)9-12-8-19-22(4)11(12)2/h7-8H,5-6,9H2,1-4H3. The van der Waals surface area contributed by atoms with Gasteiger partial charge in [0.1, 0.15) is 0 Å². The van der Waals surface area contributed by atoms with Gasteiger partial charge in [-0.25, -0.2) is 0 Å². The second-order valence-corrected chi connectivity index (χ2v) is 5.77. The van der Waals surface area contributed by atoms with Gasteiger partial charge in [0.25, 0.3) is 0 Å². The quantitative estimate of drug-likeness (QED) is 0.837. The summed E-state index contributed by atoms with van der Waals surface area (Å²) in [6.45, 7) is 3.96. The van der Waals surface area contributed by atoms with Gasteiger partial charge in [-0.15, -0.1) is 0 Å². The molecule has 0 atom stereocenters. The van der Waals surface area contributed by atoms with Crippen LogP contribution in [0.25, 0.3) is 0 Å². The van der Waals surface area contributed by atoms with Crippen LogP contribution in [-0.2, 0) is 31.1 Å². The van der Waals surface area contributed by atoms with Crippen molar-refractivity contribution in [2.24, 2.45) is 7.05 Å². The van der Waals surface area contributed by atoms with Crippen molar-refractivity contribution in [3.8, 4) is 0 Å². The molecule has 1 amide bonds. The summed E-state index contributed by atoms with van der Waals surface area (Å²) in [5, 5.41) is 7.64. The lowest BCUT2D eigenvalue weighted by molar-refractivity contribution is -0.141. The predicted octanol–water partition coefficient (Wildman–Crippen LogP) is 2.30. The zero-order valence-electron chi connectivity index (χ0n) is 14.1. The second kappa shape index (κ2) is 6.66. The fraction of sp³-hybridized carbons (Fsp3) is 0.533. The molecule has 0 bridgehead atoms. The average Bonchev–Trinajstić information content (AvgIpc) is 3.02. The summed E-state index contributed by atoms with van der Waals surface area (Å²) < 4.78 is 40.8. The van der Waals surface area contributed by atoms with Gasteiger partial charge in [0, 0.05) is 50.6 Å². The Balaban J connectivity index is 1.95. The van der Waals surface area contributed by atoms with E-state index in [4.69, 9.17) is 0 Å². The second-order valence-electron chi connectivity index (χ2n) is 5.77. The van der Waals surface area contributed by atoms with Crippen molar-refractivity contribution in [2.45, 2.75) is 39.5 Å². The molecule has 0 unspecified atom stereocenters. The van der Waals surface area contributed by atoms with Crippen LogP contribution in [0.4, 0.5) is 13.2 Å². The molecule has 0 aliphatic heterocycles. The molecule has 2 heterocycles. The molecular formula is C15H20F3N5O. The van der Waals surface area contributed by atoms with E-state index >= 15 is 0 Å². The van der Waals surface area contributed by atoms with Crippen molar-refractivity contribution in [3.63, 3.8) is 0 Å². The summed E-state index contributed by atoms with van der Waals surface area (Å²) in [6.07, 6.45) is -2.70. The maximum atomic E-state index is 12.6. The lowest BCUT2D eigenvalue weighted by atomic mass is 10.2. The summed E-state index contributed by atoms with van der Waals surface area (Å²) >= 11 is 0. The maximum Gasteiger partial charge on any atom is 0.435 e. The van der Waals surface area contributed by atoms with Crippen LogP contribution in [0.1, 0.15) is 29.1 Å². The van der Waals surface area contributed by atoms with E-state index in [0.717, 1.165) is 17.3 Å². The van der Waals surface area contributed by atoms with Crippen LogP contribution >= 0.6 is 0 Å². The lowest BCUT2D eigenvalue weighted by Gasteiger charge is -2.17. The summed E-state index contributed by atoms with van der Waals surface area (Å²) in [6, 6.07) is 0.979. The zero-order valence-corrected chi connectivity index (χ0v) is 14.1. The Morgan fingerprint density at radius 2 is 2.00 bits per heavy atom. The van der Waals surface area contributed by atoms with Gasteiger partial charge in [0.15, 0.2) is 5.69 Å². The Morgan fingerprint density at radius 1 is 1.33 bits per heavy atom. The molecule has 0 aromatic carbocycles.